The first-order valence-corrected chi connectivity index (χ1v) is 19.1. The summed E-state index contributed by atoms with van der Waals surface area (Å²) in [4.78, 5) is 16.5. The second-order valence-electron chi connectivity index (χ2n) is 13.5. The number of carbonyl (C=O) groups is 1. The minimum absolute atomic E-state index is 0.180. The summed E-state index contributed by atoms with van der Waals surface area (Å²) in [7, 11) is 0. The molecule has 5 aromatic carbocycles. The number of aryl methyl sites for hydroxylation is 4. The molecule has 235 valence electrons. The van der Waals surface area contributed by atoms with E-state index < -0.39 is 25.9 Å². The van der Waals surface area contributed by atoms with Crippen LogP contribution < -0.4 is 13.2 Å². The number of fused-ring (bicyclic) bond motifs is 10. The van der Waals surface area contributed by atoms with Crippen LogP contribution in [0.15, 0.2) is 114 Å². The van der Waals surface area contributed by atoms with E-state index in [0.717, 1.165) is 29.0 Å². The molecule has 2 heterocycles. The van der Waals surface area contributed by atoms with Crippen molar-refractivity contribution in [1.29, 1.82) is 0 Å². The Morgan fingerprint density at radius 1 is 0.750 bits per heavy atom. The molecule has 2 aliphatic carbocycles. The van der Waals surface area contributed by atoms with E-state index in [0.29, 0.717) is 6.61 Å². The molecule has 5 aromatic rings. The number of allylic oxidation sites excluding steroid dienone is 4. The van der Waals surface area contributed by atoms with Crippen molar-refractivity contribution in [3.63, 3.8) is 0 Å². The van der Waals surface area contributed by atoms with Crippen molar-refractivity contribution in [2.45, 2.75) is 46.5 Å². The summed E-state index contributed by atoms with van der Waals surface area (Å²) in [6.45, 7) is 11.5. The molecule has 0 N–H and O–H groups in total. The van der Waals surface area contributed by atoms with Gasteiger partial charge in [0.05, 0.1) is 0 Å². The third kappa shape index (κ3) is 4.00. The van der Waals surface area contributed by atoms with Crippen LogP contribution in [-0.2, 0) is 5.41 Å². The van der Waals surface area contributed by atoms with E-state index in [9.17, 15) is 4.79 Å². The fourth-order valence-corrected chi connectivity index (χ4v) is 12.1. The van der Waals surface area contributed by atoms with Crippen LogP contribution in [-0.4, -0.2) is 36.4 Å². The molecule has 4 heteroatoms. The van der Waals surface area contributed by atoms with E-state index in [-0.39, 0.29) is 5.78 Å². The number of rotatable bonds is 3. The second kappa shape index (κ2) is 10.8. The summed E-state index contributed by atoms with van der Waals surface area (Å²) in [5, 5.41) is 0. The van der Waals surface area contributed by atoms with Gasteiger partial charge in [-0.05, 0) is 0 Å². The van der Waals surface area contributed by atoms with E-state index in [1.807, 2.05) is 19.1 Å². The maximum atomic E-state index is 14.0. The van der Waals surface area contributed by atoms with Crippen molar-refractivity contribution in [2.75, 3.05) is 11.5 Å². The Hall–Kier alpha value is -4.49. The van der Waals surface area contributed by atoms with Crippen LogP contribution in [0.5, 0.6) is 5.75 Å². The van der Waals surface area contributed by atoms with Crippen LogP contribution in [0.25, 0.3) is 5.57 Å². The summed E-state index contributed by atoms with van der Waals surface area (Å²) in [6.07, 6.45) is 3.06. The predicted octanol–water partition coefficient (Wildman–Crippen LogP) is 8.93. The summed E-state index contributed by atoms with van der Waals surface area (Å²) in [6, 6.07) is 35.6. The van der Waals surface area contributed by atoms with Crippen LogP contribution >= 0.6 is 0 Å². The fraction of sp³-hybridized carbons (Fsp3) is 0.182. The molecule has 1 spiro atoms. The van der Waals surface area contributed by atoms with Gasteiger partial charge in [0.1, 0.15) is 0 Å². The molecule has 9 rings (SSSR count). The zero-order valence-corrected chi connectivity index (χ0v) is 30.2. The molecule has 4 aliphatic rings. The molecule has 3 nitrogen and oxygen atoms in total. The number of benzene rings is 5. The average Bonchev–Trinajstić information content (AvgIpc) is 3.35. The van der Waals surface area contributed by atoms with E-state index >= 15 is 0 Å². The summed E-state index contributed by atoms with van der Waals surface area (Å²) >= 11 is -0.714. The quantitative estimate of drug-likeness (QED) is 0.173. The van der Waals surface area contributed by atoms with Gasteiger partial charge < -0.3 is 0 Å². The topological polar surface area (TPSA) is 29.5 Å². The Kier molecular flexibility index (Phi) is 6.64. The molecule has 0 fully saturated rings. The number of ether oxygens (including phenoxy) is 1. The molecular formula is C44H36NO2Te. The van der Waals surface area contributed by atoms with E-state index in [4.69, 9.17) is 4.74 Å². The molecule has 0 saturated carbocycles. The Balaban J connectivity index is 1.40. The monoisotopic (exact) mass is 740 g/mol. The Morgan fingerprint density at radius 2 is 1.44 bits per heavy atom. The number of anilines is 3. The number of Topliss-reactive ketones (excluding diaryl/α,β-unsaturated/α-hetero) is 1. The molecule has 0 amide bonds. The van der Waals surface area contributed by atoms with Crippen LogP contribution in [0.1, 0.15) is 68.2 Å². The molecule has 1 unspecified atom stereocenters. The van der Waals surface area contributed by atoms with Gasteiger partial charge in [-0.3, -0.25) is 0 Å². The first-order valence-electron chi connectivity index (χ1n) is 16.8. The second-order valence-corrected chi connectivity index (χ2v) is 16.7. The number of carbonyl (C=O) groups excluding carboxylic acids is 1. The zero-order valence-electron chi connectivity index (χ0n) is 27.9. The number of nitrogens with zero attached hydrogens (tertiary/aromatic N) is 1. The Bertz CT molecular complexity index is 2340. The normalized spacial score (nSPS) is 18.4. The fourth-order valence-electron chi connectivity index (χ4n) is 8.82. The van der Waals surface area contributed by atoms with E-state index in [1.165, 1.54) is 74.2 Å². The SMILES string of the molecule is CCOc1ccc2c(c1)N(c1c(C)cc(C)cc1C)c1cc(C)ccc1C21C2=C(C=C3C(=O)c4ccccc4[Te]=C3C2)c2ccccc21. The number of hydrogen-bond donors (Lipinski definition) is 0. The molecule has 2 aliphatic heterocycles. The third-order valence-electron chi connectivity index (χ3n) is 10.5. The van der Waals surface area contributed by atoms with Gasteiger partial charge in [-0.25, -0.2) is 0 Å². The molecule has 0 saturated heterocycles. The summed E-state index contributed by atoms with van der Waals surface area (Å²) in [5.41, 5.74) is 17.6. The minimum atomic E-state index is -0.714. The van der Waals surface area contributed by atoms with Crippen molar-refractivity contribution in [3.8, 4) is 5.75 Å². The van der Waals surface area contributed by atoms with Crippen molar-refractivity contribution in [1.82, 2.24) is 0 Å². The van der Waals surface area contributed by atoms with E-state index in [1.54, 1.807) is 0 Å². The summed E-state index contributed by atoms with van der Waals surface area (Å²) < 4.78 is 8.81. The van der Waals surface area contributed by atoms with Crippen LogP contribution in [0, 0.1) is 27.7 Å². The van der Waals surface area contributed by atoms with Gasteiger partial charge in [-0.15, -0.1) is 0 Å². The Morgan fingerprint density at radius 3 is 2.21 bits per heavy atom. The van der Waals surface area contributed by atoms with Crippen LogP contribution in [0.4, 0.5) is 17.1 Å². The van der Waals surface area contributed by atoms with Crippen LogP contribution in [0.3, 0.4) is 0 Å². The number of ketones is 1. The van der Waals surface area contributed by atoms with Crippen LogP contribution in [0.2, 0.25) is 0 Å². The van der Waals surface area contributed by atoms with Gasteiger partial charge in [0.25, 0.3) is 0 Å². The zero-order chi connectivity index (χ0) is 32.9. The first kappa shape index (κ1) is 29.6. The standard InChI is InChI=1S/C44H36NO2Te/c1-6-47-29-16-18-36-39(22-29)45(42-27(4)19-26(3)20-28(42)5)38-21-25(2)15-17-35(38)44(36)34-13-9-7-11-30(34)32-23-33-41(24-37(32)44)48-40-14-10-8-12-31(40)43(33)46/h7-23H,6,24H2,1-5H3. The molecule has 1 radical (unpaired) electrons. The Labute approximate surface area is 292 Å². The van der Waals surface area contributed by atoms with Crippen molar-refractivity contribution in [3.05, 3.63) is 164 Å². The third-order valence-corrected chi connectivity index (χ3v) is 13.9. The van der Waals surface area contributed by atoms with Gasteiger partial charge in [0.2, 0.25) is 0 Å². The molecule has 0 bridgehead atoms. The summed E-state index contributed by atoms with van der Waals surface area (Å²) in [5.74, 6) is 1.05. The van der Waals surface area contributed by atoms with Crippen molar-refractivity contribution >= 4 is 56.0 Å². The molecule has 48 heavy (non-hydrogen) atoms. The van der Waals surface area contributed by atoms with Gasteiger partial charge in [-0.2, -0.15) is 0 Å². The first-order chi connectivity index (χ1) is 23.3. The number of hydrogen-bond acceptors (Lipinski definition) is 3. The van der Waals surface area contributed by atoms with Gasteiger partial charge in [0.15, 0.2) is 0 Å². The maximum absolute atomic E-state index is 14.0. The van der Waals surface area contributed by atoms with Gasteiger partial charge in [0, 0.05) is 0 Å². The molecule has 1 atom stereocenters. The van der Waals surface area contributed by atoms with Crippen molar-refractivity contribution < 1.29 is 9.53 Å². The van der Waals surface area contributed by atoms with Crippen molar-refractivity contribution in [2.24, 2.45) is 0 Å². The molecule has 0 aromatic heterocycles. The van der Waals surface area contributed by atoms with E-state index in [2.05, 4.69) is 124 Å². The average molecular weight is 738 g/mol. The predicted molar refractivity (Wildman–Crippen MR) is 198 cm³/mol. The van der Waals surface area contributed by atoms with Gasteiger partial charge >= 0.3 is 294 Å². The molecular weight excluding hydrogens is 702 g/mol. The van der Waals surface area contributed by atoms with Gasteiger partial charge in [-0.1, -0.05) is 0 Å².